The molecule has 4 heterocycles. The lowest BCUT2D eigenvalue weighted by Crippen LogP contribution is -2.42. The van der Waals surface area contributed by atoms with Crippen molar-refractivity contribution in [3.63, 3.8) is 0 Å². The Morgan fingerprint density at radius 3 is 2.78 bits per heavy atom. The Balaban J connectivity index is 1.32. The highest BCUT2D eigenvalue weighted by atomic mass is 32.1. The zero-order valence-corrected chi connectivity index (χ0v) is 22.6. The van der Waals surface area contributed by atoms with Gasteiger partial charge in [-0.05, 0) is 57.5 Å². The molecule has 8 nitrogen and oxygen atoms in total. The van der Waals surface area contributed by atoms with Crippen LogP contribution in [-0.2, 0) is 11.8 Å². The molecule has 1 atom stereocenters. The van der Waals surface area contributed by atoms with Gasteiger partial charge in [-0.1, -0.05) is 0 Å². The van der Waals surface area contributed by atoms with Gasteiger partial charge < -0.3 is 14.5 Å². The molecule has 1 saturated heterocycles. The fourth-order valence-electron chi connectivity index (χ4n) is 4.73. The van der Waals surface area contributed by atoms with Crippen LogP contribution in [0.2, 0.25) is 0 Å². The van der Waals surface area contributed by atoms with Crippen LogP contribution in [0.3, 0.4) is 0 Å². The third-order valence-electron chi connectivity index (χ3n) is 6.46. The molecule has 3 aromatic heterocycles. The molecule has 0 radical (unpaired) electrons. The quantitative estimate of drug-likeness (QED) is 0.377. The molecule has 1 aliphatic rings. The van der Waals surface area contributed by atoms with E-state index in [0.29, 0.717) is 42.1 Å². The van der Waals surface area contributed by atoms with Crippen molar-refractivity contribution in [2.24, 2.45) is 7.05 Å². The summed E-state index contributed by atoms with van der Waals surface area (Å²) in [4.78, 5) is 25.6. The molecular weight excluding hydrogens is 491 g/mol. The average Bonchev–Trinajstić information content (AvgIpc) is 3.39. The van der Waals surface area contributed by atoms with Gasteiger partial charge in [-0.15, -0.1) is 0 Å². The number of carbonyl (C=O) groups excluding carboxylic acids is 1. The number of nitrogens with zero attached hydrogens (tertiary/aromatic N) is 6. The molecule has 1 aromatic carbocycles. The Morgan fingerprint density at radius 2 is 2.03 bits per heavy atom. The first-order valence-electron chi connectivity index (χ1n) is 12.2. The Kier molecular flexibility index (Phi) is 6.26. The van der Waals surface area contributed by atoms with Gasteiger partial charge in [-0.3, -0.25) is 4.68 Å². The number of hydrogen-bond donors (Lipinski definition) is 1. The molecule has 1 fully saturated rings. The molecule has 5 rings (SSSR count). The van der Waals surface area contributed by atoms with Crippen molar-refractivity contribution >= 4 is 46.3 Å². The molecule has 10 heteroatoms. The van der Waals surface area contributed by atoms with Crippen LogP contribution in [0.25, 0.3) is 33.2 Å². The van der Waals surface area contributed by atoms with Gasteiger partial charge in [0.25, 0.3) is 0 Å². The van der Waals surface area contributed by atoms with Crippen LogP contribution < -0.4 is 4.90 Å². The van der Waals surface area contributed by atoms with Crippen LogP contribution in [0.15, 0.2) is 42.7 Å². The maximum absolute atomic E-state index is 14.6. The number of halogens is 1. The Labute approximate surface area is 220 Å². The summed E-state index contributed by atoms with van der Waals surface area (Å²) in [6.07, 6.45) is 4.03. The number of carbonyl (C=O) groups is 1. The van der Waals surface area contributed by atoms with E-state index in [1.807, 2.05) is 52.1 Å². The van der Waals surface area contributed by atoms with E-state index >= 15 is 0 Å². The number of hydrogen-bond acceptors (Lipinski definition) is 7. The van der Waals surface area contributed by atoms with E-state index in [1.165, 1.54) is 6.07 Å². The number of fused-ring (bicyclic) bond motifs is 2. The summed E-state index contributed by atoms with van der Waals surface area (Å²) >= 11 is 4.94. The molecule has 1 aliphatic heterocycles. The number of ether oxygens (including phenoxy) is 1. The van der Waals surface area contributed by atoms with Gasteiger partial charge >= 0.3 is 6.09 Å². The van der Waals surface area contributed by atoms with Gasteiger partial charge in [-0.25, -0.2) is 19.2 Å². The number of thiol groups is 1. The summed E-state index contributed by atoms with van der Waals surface area (Å²) in [6.45, 7) is 7.36. The molecule has 0 bridgehead atoms. The van der Waals surface area contributed by atoms with Crippen LogP contribution in [0.5, 0.6) is 0 Å². The third-order valence-corrected chi connectivity index (χ3v) is 6.96. The van der Waals surface area contributed by atoms with Crippen LogP contribution in [0.4, 0.5) is 14.9 Å². The smallest absolute Gasteiger partial charge is 0.410 e. The van der Waals surface area contributed by atoms with Gasteiger partial charge in [0.1, 0.15) is 11.1 Å². The molecule has 1 amide bonds. The van der Waals surface area contributed by atoms with Gasteiger partial charge in [0, 0.05) is 61.0 Å². The average molecular weight is 523 g/mol. The van der Waals surface area contributed by atoms with Crippen LogP contribution in [0.1, 0.15) is 27.2 Å². The lowest BCUT2D eigenvalue weighted by Gasteiger charge is -2.31. The second-order valence-electron chi connectivity index (χ2n) is 10.9. The number of aryl methyl sites for hydroxylation is 1. The summed E-state index contributed by atoms with van der Waals surface area (Å²) in [5.74, 6) is -0.377. The van der Waals surface area contributed by atoms with Gasteiger partial charge in [0.15, 0.2) is 11.5 Å². The van der Waals surface area contributed by atoms with E-state index < -0.39 is 5.60 Å². The second kappa shape index (κ2) is 9.16. The van der Waals surface area contributed by atoms with Crippen LogP contribution in [0, 0.1) is 5.82 Å². The normalized spacial score (nSPS) is 18.1. The van der Waals surface area contributed by atoms with E-state index in [9.17, 15) is 9.18 Å². The fraction of sp³-hybridized carbons (Fsp3) is 0.407. The minimum Gasteiger partial charge on any atom is -0.444 e. The number of amides is 1. The first-order chi connectivity index (χ1) is 17.4. The van der Waals surface area contributed by atoms with Crippen molar-refractivity contribution in [1.82, 2.24) is 24.6 Å². The molecule has 0 saturated carbocycles. The first kappa shape index (κ1) is 25.3. The van der Waals surface area contributed by atoms with E-state index in [-0.39, 0.29) is 16.7 Å². The van der Waals surface area contributed by atoms with Crippen molar-refractivity contribution in [1.29, 1.82) is 0 Å². The minimum atomic E-state index is -0.528. The number of likely N-dealkylation sites (tertiary alicyclic amines) is 1. The predicted octanol–water partition coefficient (Wildman–Crippen LogP) is 5.07. The molecule has 0 unspecified atom stereocenters. The molecule has 4 aromatic rings. The topological polar surface area (TPSA) is 76.4 Å². The molecular formula is C27H31FN6O2S. The summed E-state index contributed by atoms with van der Waals surface area (Å²) in [5.41, 5.74) is 2.65. The van der Waals surface area contributed by atoms with Gasteiger partial charge in [-0.2, -0.15) is 17.7 Å². The SMILES string of the molecule is CN(C[C@@]1(S)CCN(C(=O)OC(C)(C)C)C1)c1cnc2nc(-c3cc(F)c4nn(C)cc4c3)ccc2c1. The standard InChI is InChI=1S/C27H31FN6O2S/c1-26(2,3)36-25(35)34-9-8-27(37,16-34)15-32(4)20-11-17-6-7-22(30-24(17)29-13-20)18-10-19-14-33(5)31-23(19)21(28)12-18/h6-7,10-14,37H,8-9,15-16H2,1-5H3/t27-/m0/s1. The predicted molar refractivity (Wildman–Crippen MR) is 147 cm³/mol. The van der Waals surface area contributed by atoms with Crippen molar-refractivity contribution < 1.29 is 13.9 Å². The number of aromatic nitrogens is 4. The zero-order valence-electron chi connectivity index (χ0n) is 21.7. The molecule has 0 aliphatic carbocycles. The largest absolute Gasteiger partial charge is 0.444 e. The Morgan fingerprint density at radius 1 is 1.24 bits per heavy atom. The maximum atomic E-state index is 14.6. The summed E-state index contributed by atoms with van der Waals surface area (Å²) in [6, 6.07) is 9.20. The fourth-order valence-corrected chi connectivity index (χ4v) is 5.21. The van der Waals surface area contributed by atoms with E-state index in [4.69, 9.17) is 17.4 Å². The zero-order chi connectivity index (χ0) is 26.5. The lowest BCUT2D eigenvalue weighted by molar-refractivity contribution is 0.0291. The van der Waals surface area contributed by atoms with E-state index in [1.54, 1.807) is 29.0 Å². The highest BCUT2D eigenvalue weighted by Crippen LogP contribution is 2.32. The third kappa shape index (κ3) is 5.34. The number of rotatable bonds is 4. The minimum absolute atomic E-state index is 0.303. The monoisotopic (exact) mass is 522 g/mol. The Hall–Kier alpha value is -3.40. The van der Waals surface area contributed by atoms with Crippen molar-refractivity contribution in [2.45, 2.75) is 37.5 Å². The first-order valence-corrected chi connectivity index (χ1v) is 12.7. The van der Waals surface area contributed by atoms with Gasteiger partial charge in [0.05, 0.1) is 17.6 Å². The summed E-state index contributed by atoms with van der Waals surface area (Å²) in [7, 11) is 3.76. The number of benzene rings is 1. The molecule has 0 spiro atoms. The highest BCUT2D eigenvalue weighted by molar-refractivity contribution is 7.81. The molecule has 37 heavy (non-hydrogen) atoms. The summed E-state index contributed by atoms with van der Waals surface area (Å²) in [5, 5.41) is 5.77. The highest BCUT2D eigenvalue weighted by Gasteiger charge is 2.39. The molecule has 194 valence electrons. The van der Waals surface area contributed by atoms with Crippen molar-refractivity contribution in [2.75, 3.05) is 31.6 Å². The van der Waals surface area contributed by atoms with Crippen molar-refractivity contribution in [3.05, 3.63) is 48.5 Å². The summed E-state index contributed by atoms with van der Waals surface area (Å²) < 4.78 is 21.3. The second-order valence-corrected chi connectivity index (χ2v) is 11.8. The van der Waals surface area contributed by atoms with E-state index in [0.717, 1.165) is 22.9 Å². The lowest BCUT2D eigenvalue weighted by atomic mass is 10.1. The number of anilines is 1. The van der Waals surface area contributed by atoms with Gasteiger partial charge in [0.2, 0.25) is 0 Å². The van der Waals surface area contributed by atoms with Crippen molar-refractivity contribution in [3.8, 4) is 11.3 Å². The Bertz CT molecular complexity index is 1500. The van der Waals surface area contributed by atoms with Crippen LogP contribution in [-0.4, -0.2) is 67.8 Å². The van der Waals surface area contributed by atoms with Crippen LogP contribution >= 0.6 is 12.6 Å². The number of pyridine rings is 2. The maximum Gasteiger partial charge on any atom is 0.410 e. The van der Waals surface area contributed by atoms with E-state index in [2.05, 4.69) is 20.0 Å². The molecule has 0 N–H and O–H groups in total.